The zero-order valence-corrected chi connectivity index (χ0v) is 14.6. The van der Waals surface area contributed by atoms with Crippen LogP contribution < -0.4 is 4.74 Å². The minimum atomic E-state index is -0.360. The molecule has 0 bridgehead atoms. The van der Waals surface area contributed by atoms with Crippen LogP contribution in [-0.4, -0.2) is 38.9 Å². The van der Waals surface area contributed by atoms with Crippen molar-refractivity contribution in [2.24, 2.45) is 0 Å². The van der Waals surface area contributed by atoms with Crippen LogP contribution in [-0.2, 0) is 17.8 Å². The molecule has 1 aliphatic heterocycles. The van der Waals surface area contributed by atoms with E-state index >= 15 is 0 Å². The van der Waals surface area contributed by atoms with Crippen LogP contribution in [0.25, 0.3) is 10.7 Å². The summed E-state index contributed by atoms with van der Waals surface area (Å²) in [5.74, 6) is 0.0281. The van der Waals surface area contributed by atoms with E-state index < -0.39 is 0 Å². The minimum Gasteiger partial charge on any atom is -0.491 e. The smallest absolute Gasteiger partial charge is 0.229 e. The normalized spacial score (nSPS) is 13.7. The summed E-state index contributed by atoms with van der Waals surface area (Å²) in [4.78, 5) is 27.0. The third-order valence-electron chi connectivity index (χ3n) is 4.06. The van der Waals surface area contributed by atoms with Crippen molar-refractivity contribution in [2.45, 2.75) is 13.0 Å². The molecule has 0 unspecified atom stereocenters. The topological polar surface area (TPSA) is 68.2 Å². The first-order chi connectivity index (χ1) is 12.7. The second kappa shape index (κ2) is 7.17. The number of rotatable bonds is 3. The summed E-state index contributed by atoms with van der Waals surface area (Å²) >= 11 is 1.42. The third-order valence-corrected chi connectivity index (χ3v) is 4.98. The fraction of sp³-hybridized carbons (Fsp3) is 0.222. The Balaban J connectivity index is 1.49. The van der Waals surface area contributed by atoms with Gasteiger partial charge in [-0.3, -0.25) is 14.8 Å². The molecule has 2 aromatic heterocycles. The number of aromatic nitrogens is 3. The summed E-state index contributed by atoms with van der Waals surface area (Å²) in [5, 5.41) is 2.56. The molecule has 3 heterocycles. The summed E-state index contributed by atoms with van der Waals surface area (Å²) in [7, 11) is 0. The van der Waals surface area contributed by atoms with E-state index in [0.29, 0.717) is 35.9 Å². The van der Waals surface area contributed by atoms with Gasteiger partial charge in [0.1, 0.15) is 28.9 Å². The molecule has 0 N–H and O–H groups in total. The molecule has 1 aliphatic rings. The lowest BCUT2D eigenvalue weighted by Crippen LogP contribution is -2.33. The molecule has 6 nitrogen and oxygen atoms in total. The van der Waals surface area contributed by atoms with Gasteiger partial charge in [-0.15, -0.1) is 11.3 Å². The lowest BCUT2D eigenvalue weighted by Gasteiger charge is -2.19. The Morgan fingerprint density at radius 1 is 1.35 bits per heavy atom. The predicted molar refractivity (Wildman–Crippen MR) is 94.2 cm³/mol. The van der Waals surface area contributed by atoms with Crippen molar-refractivity contribution in [1.82, 2.24) is 19.9 Å². The van der Waals surface area contributed by atoms with E-state index in [1.165, 1.54) is 17.4 Å². The molecular weight excluding hydrogens is 355 g/mol. The molecule has 0 aliphatic carbocycles. The fourth-order valence-corrected chi connectivity index (χ4v) is 3.54. The van der Waals surface area contributed by atoms with Crippen LogP contribution in [0.2, 0.25) is 0 Å². The number of nitrogens with zero attached hydrogens (tertiary/aromatic N) is 4. The van der Waals surface area contributed by atoms with Gasteiger partial charge in [0, 0.05) is 23.3 Å². The van der Waals surface area contributed by atoms with Crippen LogP contribution in [0, 0.1) is 5.82 Å². The average Bonchev–Trinajstić information content (AvgIpc) is 3.00. The molecule has 0 fully saturated rings. The molecule has 1 amide bonds. The van der Waals surface area contributed by atoms with Gasteiger partial charge in [0.25, 0.3) is 0 Å². The van der Waals surface area contributed by atoms with Crippen molar-refractivity contribution < 1.29 is 13.9 Å². The van der Waals surface area contributed by atoms with Crippen LogP contribution in [0.15, 0.2) is 42.2 Å². The molecular formula is C18H15FN4O2S. The predicted octanol–water partition coefficient (Wildman–Crippen LogP) is 2.70. The van der Waals surface area contributed by atoms with Crippen LogP contribution in [0.1, 0.15) is 11.3 Å². The van der Waals surface area contributed by atoms with Gasteiger partial charge in [0.05, 0.1) is 31.4 Å². The molecule has 4 rings (SSSR count). The molecule has 0 atom stereocenters. The highest BCUT2D eigenvalue weighted by Crippen LogP contribution is 2.26. The van der Waals surface area contributed by atoms with Crippen LogP contribution >= 0.6 is 11.3 Å². The lowest BCUT2D eigenvalue weighted by atomic mass is 10.1. The van der Waals surface area contributed by atoms with Crippen molar-refractivity contribution in [3.63, 3.8) is 0 Å². The van der Waals surface area contributed by atoms with E-state index in [-0.39, 0.29) is 24.7 Å². The number of halogens is 1. The standard InChI is InChI=1S/C18H15FN4O2S/c19-14-2-1-3-16-13(14)10-23(6-7-25-16)17(24)8-12-11-26-18(22-12)15-9-20-4-5-21-15/h1-5,9,11H,6-8,10H2. The van der Waals surface area contributed by atoms with Gasteiger partial charge in [-0.05, 0) is 12.1 Å². The molecule has 132 valence electrons. The maximum absolute atomic E-state index is 14.1. The molecule has 26 heavy (non-hydrogen) atoms. The van der Waals surface area contributed by atoms with Crippen LogP contribution in [0.5, 0.6) is 5.75 Å². The summed E-state index contributed by atoms with van der Waals surface area (Å²) < 4.78 is 19.6. The van der Waals surface area contributed by atoms with Crippen molar-refractivity contribution in [3.05, 3.63) is 59.2 Å². The van der Waals surface area contributed by atoms with Crippen molar-refractivity contribution in [2.75, 3.05) is 13.2 Å². The summed E-state index contributed by atoms with van der Waals surface area (Å²) in [5.41, 5.74) is 1.76. The van der Waals surface area contributed by atoms with Gasteiger partial charge in [0.2, 0.25) is 5.91 Å². The van der Waals surface area contributed by atoms with E-state index in [1.807, 2.05) is 5.38 Å². The van der Waals surface area contributed by atoms with Crippen molar-refractivity contribution >= 4 is 17.2 Å². The van der Waals surface area contributed by atoms with Crippen LogP contribution in [0.4, 0.5) is 4.39 Å². The van der Waals surface area contributed by atoms with Gasteiger partial charge < -0.3 is 9.64 Å². The van der Waals surface area contributed by atoms with Crippen molar-refractivity contribution in [3.8, 4) is 16.5 Å². The molecule has 8 heteroatoms. The number of carbonyl (C=O) groups is 1. The number of benzene rings is 1. The Morgan fingerprint density at radius 2 is 2.27 bits per heavy atom. The maximum atomic E-state index is 14.1. The first-order valence-corrected chi connectivity index (χ1v) is 8.97. The highest BCUT2D eigenvalue weighted by Gasteiger charge is 2.23. The van der Waals surface area contributed by atoms with E-state index in [2.05, 4.69) is 15.0 Å². The SMILES string of the molecule is O=C(Cc1csc(-c2cnccn2)n1)N1CCOc2cccc(F)c2C1. The Morgan fingerprint density at radius 3 is 3.12 bits per heavy atom. The molecule has 0 saturated carbocycles. The largest absolute Gasteiger partial charge is 0.491 e. The second-order valence-electron chi connectivity index (χ2n) is 5.79. The number of thiazole rings is 1. The number of fused-ring (bicyclic) bond motifs is 1. The van der Waals surface area contributed by atoms with Crippen molar-refractivity contribution in [1.29, 1.82) is 0 Å². The number of hydrogen-bond donors (Lipinski definition) is 0. The Labute approximate surface area is 153 Å². The third kappa shape index (κ3) is 3.41. The first kappa shape index (κ1) is 16.6. The van der Waals surface area contributed by atoms with E-state index in [0.717, 1.165) is 5.01 Å². The average molecular weight is 370 g/mol. The van der Waals surface area contributed by atoms with Crippen LogP contribution in [0.3, 0.4) is 0 Å². The fourth-order valence-electron chi connectivity index (χ4n) is 2.76. The summed E-state index contributed by atoms with van der Waals surface area (Å²) in [6, 6.07) is 4.71. The number of carbonyl (C=O) groups excluding carboxylic acids is 1. The maximum Gasteiger partial charge on any atom is 0.229 e. The quantitative estimate of drug-likeness (QED) is 0.709. The van der Waals surface area contributed by atoms with Gasteiger partial charge >= 0.3 is 0 Å². The van der Waals surface area contributed by atoms with Gasteiger partial charge in [-0.1, -0.05) is 6.07 Å². The molecule has 0 radical (unpaired) electrons. The van der Waals surface area contributed by atoms with Gasteiger partial charge in [-0.2, -0.15) is 0 Å². The number of hydrogen-bond acceptors (Lipinski definition) is 6. The molecule has 0 spiro atoms. The second-order valence-corrected chi connectivity index (χ2v) is 6.65. The Bertz CT molecular complexity index is 932. The monoisotopic (exact) mass is 370 g/mol. The molecule has 0 saturated heterocycles. The number of ether oxygens (including phenoxy) is 1. The Kier molecular flexibility index (Phi) is 4.57. The van der Waals surface area contributed by atoms with E-state index in [4.69, 9.17) is 4.74 Å². The van der Waals surface area contributed by atoms with Gasteiger partial charge in [0.15, 0.2) is 0 Å². The minimum absolute atomic E-state index is 0.110. The Hall–Kier alpha value is -2.87. The van der Waals surface area contributed by atoms with E-state index in [9.17, 15) is 9.18 Å². The van der Waals surface area contributed by atoms with Gasteiger partial charge in [-0.25, -0.2) is 9.37 Å². The lowest BCUT2D eigenvalue weighted by molar-refractivity contribution is -0.131. The molecule has 1 aromatic carbocycles. The first-order valence-electron chi connectivity index (χ1n) is 8.09. The highest BCUT2D eigenvalue weighted by molar-refractivity contribution is 7.13. The molecule has 3 aromatic rings. The highest BCUT2D eigenvalue weighted by atomic mass is 32.1. The summed E-state index contributed by atoms with van der Waals surface area (Å²) in [6.45, 7) is 0.945. The zero-order chi connectivity index (χ0) is 17.9. The summed E-state index contributed by atoms with van der Waals surface area (Å²) in [6.07, 6.45) is 4.99. The zero-order valence-electron chi connectivity index (χ0n) is 13.8. The van der Waals surface area contributed by atoms with E-state index in [1.54, 1.807) is 35.6 Å². The number of amides is 1.